The number of phosphoric acid groups is 1. The van der Waals surface area contributed by atoms with Crippen LogP contribution in [0, 0.1) is 0 Å². The summed E-state index contributed by atoms with van der Waals surface area (Å²) in [6.45, 7) is 1.70. The van der Waals surface area contributed by atoms with Crippen LogP contribution in [0.2, 0.25) is 0 Å². The lowest BCUT2D eigenvalue weighted by molar-refractivity contribution is -0.225. The number of hydrogen-bond donors (Lipinski definition) is 0. The Morgan fingerprint density at radius 3 is 2.36 bits per heavy atom. The van der Waals surface area contributed by atoms with Gasteiger partial charge in [-0.05, 0) is 18.6 Å². The molecule has 0 aromatic carbocycles. The van der Waals surface area contributed by atoms with Gasteiger partial charge in [-0.25, -0.2) is 0 Å². The second-order valence-corrected chi connectivity index (χ2v) is 8.80. The van der Waals surface area contributed by atoms with E-state index in [-0.39, 0.29) is 44.5 Å². The summed E-state index contributed by atoms with van der Waals surface area (Å²) in [5, 5.41) is -0.564. The van der Waals surface area contributed by atoms with Crippen LogP contribution in [0.15, 0.2) is 12.2 Å². The SMILES string of the molecule is CCCOP(=O)([O-])OCCCSC1CC(=O)N(CCN2C(=O)C=CC2=O)C1=O. The van der Waals surface area contributed by atoms with Crippen LogP contribution < -0.4 is 4.89 Å². The Bertz CT molecular complexity index is 695. The van der Waals surface area contributed by atoms with Gasteiger partial charge in [-0.3, -0.25) is 33.5 Å². The molecule has 2 heterocycles. The lowest BCUT2D eigenvalue weighted by Crippen LogP contribution is -2.41. The summed E-state index contributed by atoms with van der Waals surface area (Å²) < 4.78 is 20.7. The molecule has 1 saturated heterocycles. The minimum atomic E-state index is -4.29. The van der Waals surface area contributed by atoms with E-state index in [1.807, 2.05) is 0 Å². The van der Waals surface area contributed by atoms with Crippen LogP contribution in [-0.4, -0.2) is 70.7 Å². The van der Waals surface area contributed by atoms with Gasteiger partial charge in [0.2, 0.25) is 11.8 Å². The number of carbonyl (C=O) groups is 4. The third-order valence-electron chi connectivity index (χ3n) is 3.96. The van der Waals surface area contributed by atoms with Gasteiger partial charge in [-0.1, -0.05) is 6.92 Å². The molecule has 0 bridgehead atoms. The first kappa shape index (κ1) is 22.8. The summed E-state index contributed by atoms with van der Waals surface area (Å²) in [6.07, 6.45) is 3.24. The molecule has 0 aliphatic carbocycles. The van der Waals surface area contributed by atoms with Crippen molar-refractivity contribution in [1.29, 1.82) is 0 Å². The van der Waals surface area contributed by atoms with Gasteiger partial charge in [0.15, 0.2) is 0 Å². The van der Waals surface area contributed by atoms with Gasteiger partial charge in [0.25, 0.3) is 19.6 Å². The van der Waals surface area contributed by atoms with Crippen LogP contribution >= 0.6 is 19.6 Å². The summed E-state index contributed by atoms with van der Waals surface area (Å²) in [4.78, 5) is 60.8. The number of hydrogen-bond acceptors (Lipinski definition) is 9. The van der Waals surface area contributed by atoms with Crippen LogP contribution in [0.5, 0.6) is 0 Å². The first-order valence-corrected chi connectivity index (χ1v) is 11.4. The zero-order valence-electron chi connectivity index (χ0n) is 15.4. The molecule has 2 rings (SSSR count). The fourth-order valence-electron chi connectivity index (χ4n) is 2.57. The molecule has 0 spiro atoms. The average Bonchev–Trinajstić information content (AvgIpc) is 3.10. The molecule has 0 aromatic rings. The van der Waals surface area contributed by atoms with Crippen molar-refractivity contribution >= 4 is 43.2 Å². The molecule has 156 valence electrons. The molecule has 1 fully saturated rings. The minimum absolute atomic E-state index is 0.0319. The zero-order valence-corrected chi connectivity index (χ0v) is 17.1. The van der Waals surface area contributed by atoms with Crippen LogP contribution in [0.4, 0.5) is 0 Å². The number of rotatable bonds is 12. The molecule has 0 saturated carbocycles. The lowest BCUT2D eigenvalue weighted by Gasteiger charge is -2.22. The smallest absolute Gasteiger partial charge is 0.267 e. The normalized spacial score (nSPS) is 21.9. The summed E-state index contributed by atoms with van der Waals surface area (Å²) in [5.41, 5.74) is 0. The number of carbonyl (C=O) groups excluding carboxylic acids is 4. The highest BCUT2D eigenvalue weighted by molar-refractivity contribution is 8.00. The van der Waals surface area contributed by atoms with E-state index >= 15 is 0 Å². The van der Waals surface area contributed by atoms with Gasteiger partial charge in [-0.15, -0.1) is 11.8 Å². The second-order valence-electron chi connectivity index (χ2n) is 6.08. The first-order chi connectivity index (χ1) is 13.2. The van der Waals surface area contributed by atoms with Gasteiger partial charge < -0.3 is 13.9 Å². The molecule has 4 amide bonds. The van der Waals surface area contributed by atoms with Crippen molar-refractivity contribution < 1.29 is 37.7 Å². The molecule has 2 unspecified atom stereocenters. The number of nitrogens with zero attached hydrogens (tertiary/aromatic N) is 2. The fraction of sp³-hybridized carbons (Fsp3) is 0.625. The number of phosphoric ester groups is 1. The van der Waals surface area contributed by atoms with Crippen LogP contribution in [0.1, 0.15) is 26.2 Å². The van der Waals surface area contributed by atoms with Crippen LogP contribution in [-0.2, 0) is 32.8 Å². The van der Waals surface area contributed by atoms with Crippen molar-refractivity contribution in [3.05, 3.63) is 12.2 Å². The molecule has 2 atom stereocenters. The third-order valence-corrected chi connectivity index (χ3v) is 6.25. The van der Waals surface area contributed by atoms with E-state index in [0.29, 0.717) is 18.6 Å². The molecule has 0 radical (unpaired) electrons. The highest BCUT2D eigenvalue weighted by Gasteiger charge is 2.39. The third kappa shape index (κ3) is 6.25. The average molecular weight is 433 g/mol. The quantitative estimate of drug-likeness (QED) is 0.238. The van der Waals surface area contributed by atoms with Gasteiger partial charge in [-0.2, -0.15) is 0 Å². The van der Waals surface area contributed by atoms with Gasteiger partial charge >= 0.3 is 0 Å². The highest BCUT2D eigenvalue weighted by Crippen LogP contribution is 2.38. The number of imide groups is 2. The molecule has 12 heteroatoms. The summed E-state index contributed by atoms with van der Waals surface area (Å²) in [6, 6.07) is 0. The molecule has 28 heavy (non-hydrogen) atoms. The van der Waals surface area contributed by atoms with E-state index < -0.39 is 24.9 Å². The van der Waals surface area contributed by atoms with E-state index in [0.717, 1.165) is 22.0 Å². The second kappa shape index (κ2) is 10.3. The Kier molecular flexibility index (Phi) is 8.38. The molecular formula is C16H22N2O8PS-. The zero-order chi connectivity index (χ0) is 20.7. The molecule has 10 nitrogen and oxygen atoms in total. The summed E-state index contributed by atoms with van der Waals surface area (Å²) in [5.74, 6) is -1.23. The summed E-state index contributed by atoms with van der Waals surface area (Å²) in [7, 11) is -4.29. The van der Waals surface area contributed by atoms with E-state index in [4.69, 9.17) is 4.52 Å². The lowest BCUT2D eigenvalue weighted by atomic mass is 10.4. The largest absolute Gasteiger partial charge is 0.756 e. The van der Waals surface area contributed by atoms with E-state index in [2.05, 4.69) is 4.52 Å². The Hall–Kier alpha value is -1.52. The van der Waals surface area contributed by atoms with Crippen LogP contribution in [0.3, 0.4) is 0 Å². The summed E-state index contributed by atoms with van der Waals surface area (Å²) >= 11 is 1.24. The van der Waals surface area contributed by atoms with E-state index in [1.165, 1.54) is 11.8 Å². The van der Waals surface area contributed by atoms with Crippen molar-refractivity contribution in [3.8, 4) is 0 Å². The number of thioether (sulfide) groups is 1. The van der Waals surface area contributed by atoms with Crippen LogP contribution in [0.25, 0.3) is 0 Å². The van der Waals surface area contributed by atoms with Crippen molar-refractivity contribution in [1.82, 2.24) is 9.80 Å². The van der Waals surface area contributed by atoms with E-state index in [9.17, 15) is 28.6 Å². The number of amides is 4. The molecule has 0 N–H and O–H groups in total. The number of likely N-dealkylation sites (tertiary alicyclic amines) is 1. The molecule has 2 aliphatic rings. The Balaban J connectivity index is 1.69. The minimum Gasteiger partial charge on any atom is -0.756 e. The van der Waals surface area contributed by atoms with Crippen molar-refractivity contribution in [3.63, 3.8) is 0 Å². The predicted octanol–water partition coefficient (Wildman–Crippen LogP) is 0.0738. The van der Waals surface area contributed by atoms with Gasteiger partial charge in [0.05, 0.1) is 18.5 Å². The molecular weight excluding hydrogens is 411 g/mol. The molecule has 0 aromatic heterocycles. The van der Waals surface area contributed by atoms with Gasteiger partial charge in [0.1, 0.15) is 0 Å². The monoisotopic (exact) mass is 433 g/mol. The van der Waals surface area contributed by atoms with Crippen molar-refractivity contribution in [2.45, 2.75) is 31.4 Å². The van der Waals surface area contributed by atoms with Gasteiger partial charge in [0, 0.05) is 31.7 Å². The predicted molar refractivity (Wildman–Crippen MR) is 97.9 cm³/mol. The van der Waals surface area contributed by atoms with E-state index in [1.54, 1.807) is 6.92 Å². The maximum absolute atomic E-state index is 12.4. The first-order valence-electron chi connectivity index (χ1n) is 8.84. The highest BCUT2D eigenvalue weighted by atomic mass is 32.2. The standard InChI is InChI=1S/C16H23N2O8PS/c1-2-8-25-27(23,24)26-9-3-10-28-12-11-15(21)18(16(12)22)7-6-17-13(19)4-5-14(17)20/h4-5,12H,2-3,6-11H2,1H3,(H,23,24)/p-1. The Labute approximate surface area is 166 Å². The maximum Gasteiger partial charge on any atom is 0.267 e. The maximum atomic E-state index is 12.4. The topological polar surface area (TPSA) is 133 Å². The van der Waals surface area contributed by atoms with Crippen molar-refractivity contribution in [2.75, 3.05) is 32.1 Å². The molecule has 2 aliphatic heterocycles. The Morgan fingerprint density at radius 1 is 1.11 bits per heavy atom. The Morgan fingerprint density at radius 2 is 1.71 bits per heavy atom. The fourth-order valence-corrected chi connectivity index (χ4v) is 4.50. The van der Waals surface area contributed by atoms with Crippen molar-refractivity contribution in [2.24, 2.45) is 0 Å².